The quantitative estimate of drug-likeness (QED) is 0.371. The number of benzene rings is 1. The second-order valence-corrected chi connectivity index (χ2v) is 10.5. The Hall–Kier alpha value is -3.94. The van der Waals surface area contributed by atoms with Crippen molar-refractivity contribution in [2.24, 2.45) is 10.9 Å². The summed E-state index contributed by atoms with van der Waals surface area (Å²) in [5, 5.41) is 7.96. The Kier molecular flexibility index (Phi) is 8.10. The fourth-order valence-electron chi connectivity index (χ4n) is 5.35. The number of rotatable bonds is 7. The number of nitrogens with zero attached hydrogens (tertiary/aromatic N) is 5. The summed E-state index contributed by atoms with van der Waals surface area (Å²) in [5.41, 5.74) is 6.12. The standard InChI is InChI=1S/C31H35BN6O/c1-4-8-24-9-5-6-10-25(24)14-22(3)31(39)37-12-7-11-26(20-37)28-15-29(38-30(36-28)27(32)19-35-38)34-18-23-13-21(2)16-33-17-23/h4-6,8-10,13-15,17,19,21,26,34H,7,11-12,16,18,20H2,1-3H3/b8-4+,22-14+. The van der Waals surface area contributed by atoms with Gasteiger partial charge in [0.2, 0.25) is 5.91 Å². The van der Waals surface area contributed by atoms with Crippen LogP contribution >= 0.6 is 0 Å². The van der Waals surface area contributed by atoms with Gasteiger partial charge in [0.25, 0.3) is 0 Å². The monoisotopic (exact) mass is 518 g/mol. The lowest BCUT2D eigenvalue weighted by Gasteiger charge is -2.33. The molecule has 2 radical (unpaired) electrons. The predicted molar refractivity (Wildman–Crippen MR) is 161 cm³/mol. The van der Waals surface area contributed by atoms with E-state index < -0.39 is 0 Å². The molecule has 1 saturated heterocycles. The molecule has 198 valence electrons. The second-order valence-electron chi connectivity index (χ2n) is 10.5. The molecule has 0 spiro atoms. The van der Waals surface area contributed by atoms with E-state index >= 15 is 0 Å². The maximum atomic E-state index is 13.5. The number of fused-ring (bicyclic) bond motifs is 1. The number of allylic oxidation sites excluding steroid dienone is 1. The number of nitrogens with one attached hydrogen (secondary N) is 1. The zero-order valence-corrected chi connectivity index (χ0v) is 23.0. The van der Waals surface area contributed by atoms with Crippen molar-refractivity contribution in [2.45, 2.75) is 39.5 Å². The topological polar surface area (TPSA) is 74.9 Å². The van der Waals surface area contributed by atoms with Crippen molar-refractivity contribution in [2.75, 3.05) is 31.5 Å². The highest BCUT2D eigenvalue weighted by Crippen LogP contribution is 2.29. The van der Waals surface area contributed by atoms with Crippen LogP contribution in [0.3, 0.4) is 0 Å². The van der Waals surface area contributed by atoms with Crippen LogP contribution in [0.15, 0.2) is 64.8 Å². The summed E-state index contributed by atoms with van der Waals surface area (Å²) in [5.74, 6) is 1.44. The molecular formula is C31H35BN6O. The van der Waals surface area contributed by atoms with Gasteiger partial charge in [0.15, 0.2) is 5.65 Å². The van der Waals surface area contributed by atoms with E-state index in [0.29, 0.717) is 30.1 Å². The third-order valence-corrected chi connectivity index (χ3v) is 7.32. The molecule has 8 heteroatoms. The lowest BCUT2D eigenvalue weighted by molar-refractivity contribution is -0.128. The van der Waals surface area contributed by atoms with Crippen molar-refractivity contribution >= 4 is 49.0 Å². The Labute approximate surface area is 231 Å². The number of hydrogen-bond donors (Lipinski definition) is 1. The van der Waals surface area contributed by atoms with E-state index in [1.807, 2.05) is 55.3 Å². The zero-order chi connectivity index (χ0) is 27.4. The van der Waals surface area contributed by atoms with Gasteiger partial charge in [-0.25, -0.2) is 4.98 Å². The average molecular weight is 518 g/mol. The Morgan fingerprint density at radius 1 is 1.26 bits per heavy atom. The minimum Gasteiger partial charge on any atom is -0.366 e. The normalized spacial score (nSPS) is 20.0. The molecule has 39 heavy (non-hydrogen) atoms. The van der Waals surface area contributed by atoms with Crippen LogP contribution < -0.4 is 10.8 Å². The van der Waals surface area contributed by atoms with E-state index in [2.05, 4.69) is 46.6 Å². The van der Waals surface area contributed by atoms with Crippen molar-refractivity contribution in [1.82, 2.24) is 19.5 Å². The average Bonchev–Trinajstić information content (AvgIpc) is 3.33. The van der Waals surface area contributed by atoms with E-state index in [-0.39, 0.29) is 11.8 Å². The Balaban J connectivity index is 1.36. The molecular weight excluding hydrogens is 483 g/mol. The molecule has 2 aliphatic heterocycles. The fraction of sp³-hybridized carbons (Fsp3) is 0.355. The Morgan fingerprint density at radius 2 is 2.08 bits per heavy atom. The third-order valence-electron chi connectivity index (χ3n) is 7.32. The third kappa shape index (κ3) is 6.05. The van der Waals surface area contributed by atoms with Crippen molar-refractivity contribution < 1.29 is 4.79 Å². The summed E-state index contributed by atoms with van der Waals surface area (Å²) >= 11 is 0. The van der Waals surface area contributed by atoms with E-state index in [9.17, 15) is 4.79 Å². The first-order valence-electron chi connectivity index (χ1n) is 13.7. The molecule has 2 aromatic heterocycles. The number of carbonyl (C=O) groups is 1. The summed E-state index contributed by atoms with van der Waals surface area (Å²) < 4.78 is 1.75. The Morgan fingerprint density at radius 3 is 2.87 bits per heavy atom. The van der Waals surface area contributed by atoms with Crippen LogP contribution in [0, 0.1) is 5.92 Å². The fourth-order valence-corrected chi connectivity index (χ4v) is 5.35. The van der Waals surface area contributed by atoms with Gasteiger partial charge in [-0.3, -0.25) is 9.79 Å². The highest BCUT2D eigenvalue weighted by atomic mass is 16.2. The maximum absolute atomic E-state index is 13.5. The van der Waals surface area contributed by atoms with Crippen molar-refractivity contribution in [3.8, 4) is 0 Å². The second kappa shape index (κ2) is 11.8. The highest BCUT2D eigenvalue weighted by Gasteiger charge is 2.27. The summed E-state index contributed by atoms with van der Waals surface area (Å²) in [7, 11) is 6.24. The smallest absolute Gasteiger partial charge is 0.249 e. The Bertz CT molecular complexity index is 1480. The number of anilines is 1. The number of amides is 1. The highest BCUT2D eigenvalue weighted by molar-refractivity contribution is 6.36. The molecule has 4 heterocycles. The van der Waals surface area contributed by atoms with Gasteiger partial charge in [-0.2, -0.15) is 9.61 Å². The summed E-state index contributed by atoms with van der Waals surface area (Å²) in [6.45, 7) is 8.90. The molecule has 2 atom stereocenters. The van der Waals surface area contributed by atoms with Gasteiger partial charge < -0.3 is 10.2 Å². The maximum Gasteiger partial charge on any atom is 0.249 e. The number of aromatic nitrogens is 3. The van der Waals surface area contributed by atoms with Crippen LogP contribution in [-0.4, -0.2) is 65.6 Å². The summed E-state index contributed by atoms with van der Waals surface area (Å²) in [4.78, 5) is 24.8. The molecule has 1 aromatic carbocycles. The van der Waals surface area contributed by atoms with E-state index in [1.54, 1.807) is 10.7 Å². The minimum absolute atomic E-state index is 0.0657. The van der Waals surface area contributed by atoms with Crippen LogP contribution in [0.4, 0.5) is 5.82 Å². The first kappa shape index (κ1) is 26.7. The van der Waals surface area contributed by atoms with Crippen LogP contribution in [0.5, 0.6) is 0 Å². The summed E-state index contributed by atoms with van der Waals surface area (Å²) in [6.07, 6.45) is 13.8. The molecule has 7 nitrogen and oxygen atoms in total. The zero-order valence-electron chi connectivity index (χ0n) is 23.0. The van der Waals surface area contributed by atoms with Crippen molar-refractivity contribution in [3.63, 3.8) is 0 Å². The molecule has 0 bridgehead atoms. The van der Waals surface area contributed by atoms with Crippen LogP contribution in [0.25, 0.3) is 17.8 Å². The predicted octanol–water partition coefficient (Wildman–Crippen LogP) is 4.42. The van der Waals surface area contributed by atoms with Gasteiger partial charge in [-0.1, -0.05) is 49.4 Å². The van der Waals surface area contributed by atoms with Gasteiger partial charge in [0.1, 0.15) is 13.7 Å². The molecule has 2 unspecified atom stereocenters. The number of hydrogen-bond acceptors (Lipinski definition) is 5. The number of dihydropyridines is 1. The number of likely N-dealkylation sites (tertiary alicyclic amines) is 1. The molecule has 1 amide bonds. The van der Waals surface area contributed by atoms with Gasteiger partial charge in [0.05, 0.1) is 5.69 Å². The van der Waals surface area contributed by atoms with Gasteiger partial charge in [0, 0.05) is 56.1 Å². The van der Waals surface area contributed by atoms with Crippen LogP contribution in [-0.2, 0) is 4.79 Å². The lowest BCUT2D eigenvalue weighted by atomic mass is 9.93. The number of piperidine rings is 1. The van der Waals surface area contributed by atoms with Crippen LogP contribution in [0.2, 0.25) is 0 Å². The lowest BCUT2D eigenvalue weighted by Crippen LogP contribution is -2.39. The molecule has 0 saturated carbocycles. The van der Waals surface area contributed by atoms with Crippen molar-refractivity contribution in [1.29, 1.82) is 0 Å². The molecule has 1 fully saturated rings. The molecule has 3 aromatic rings. The van der Waals surface area contributed by atoms with Crippen molar-refractivity contribution in [3.05, 3.63) is 76.6 Å². The van der Waals surface area contributed by atoms with Gasteiger partial charge in [-0.15, -0.1) is 0 Å². The SMILES string of the molecule is [B]c1cnn2c(NCC3=CC(C)CN=C3)cc(C3CCCN(C(=O)/C(C)=C/c4ccccc4/C=C/C)C3)nc12. The first-order chi connectivity index (χ1) is 18.9. The molecule has 5 rings (SSSR count). The number of carbonyl (C=O) groups excluding carboxylic acids is 1. The van der Waals surface area contributed by atoms with Gasteiger partial charge >= 0.3 is 0 Å². The van der Waals surface area contributed by atoms with Crippen LogP contribution in [0.1, 0.15) is 56.4 Å². The molecule has 1 N–H and O–H groups in total. The number of aliphatic imine (C=N–C) groups is 1. The minimum atomic E-state index is 0.0657. The van der Waals surface area contributed by atoms with E-state index in [4.69, 9.17) is 12.8 Å². The van der Waals surface area contributed by atoms with E-state index in [1.165, 1.54) is 0 Å². The van der Waals surface area contributed by atoms with Gasteiger partial charge in [-0.05, 0) is 60.8 Å². The summed E-state index contributed by atoms with van der Waals surface area (Å²) in [6, 6.07) is 10.2. The van der Waals surface area contributed by atoms with E-state index in [0.717, 1.165) is 59.7 Å². The molecule has 0 aliphatic carbocycles. The largest absolute Gasteiger partial charge is 0.366 e. The molecule has 2 aliphatic rings. The first-order valence-corrected chi connectivity index (χ1v) is 13.7.